The summed E-state index contributed by atoms with van der Waals surface area (Å²) >= 11 is 0. The number of likely N-dealkylation sites (tertiary alicyclic amines) is 1. The van der Waals surface area contributed by atoms with Crippen LogP contribution in [0, 0.1) is 5.92 Å². The van der Waals surface area contributed by atoms with Gasteiger partial charge in [0.25, 0.3) is 0 Å². The molecule has 126 valence electrons. The quantitative estimate of drug-likeness (QED) is 0.799. The van der Waals surface area contributed by atoms with Gasteiger partial charge in [-0.05, 0) is 32.2 Å². The van der Waals surface area contributed by atoms with Gasteiger partial charge in [0.2, 0.25) is 5.91 Å². The first kappa shape index (κ1) is 16.2. The largest absolute Gasteiger partial charge is 0.365 e. The van der Waals surface area contributed by atoms with Crippen LogP contribution in [0.2, 0.25) is 0 Å². The Hall–Kier alpha value is -1.69. The maximum absolute atomic E-state index is 12.2. The number of amides is 1. The Bertz CT molecular complexity index is 546. The van der Waals surface area contributed by atoms with Crippen LogP contribution >= 0.6 is 0 Å². The van der Waals surface area contributed by atoms with E-state index in [0.717, 1.165) is 37.4 Å². The summed E-state index contributed by atoms with van der Waals surface area (Å²) in [5.41, 5.74) is 1.15. The molecule has 1 amide bonds. The number of hydrogen-bond acceptors (Lipinski definition) is 5. The molecule has 1 saturated carbocycles. The van der Waals surface area contributed by atoms with E-state index in [1.807, 2.05) is 11.9 Å². The van der Waals surface area contributed by atoms with Gasteiger partial charge in [-0.25, -0.2) is 9.97 Å². The lowest BCUT2D eigenvalue weighted by molar-refractivity contribution is -0.129. The van der Waals surface area contributed by atoms with Crippen molar-refractivity contribution in [1.29, 1.82) is 0 Å². The molecular weight excluding hydrogens is 290 g/mol. The Morgan fingerprint density at radius 1 is 1.35 bits per heavy atom. The number of anilines is 1. The van der Waals surface area contributed by atoms with Crippen molar-refractivity contribution in [3.8, 4) is 0 Å². The van der Waals surface area contributed by atoms with Crippen molar-refractivity contribution in [1.82, 2.24) is 20.2 Å². The first-order valence-electron chi connectivity index (χ1n) is 8.72. The third kappa shape index (κ3) is 3.99. The van der Waals surface area contributed by atoms with Crippen LogP contribution in [0.1, 0.15) is 44.2 Å². The number of nitrogens with zero attached hydrogens (tertiary/aromatic N) is 3. The van der Waals surface area contributed by atoms with Crippen molar-refractivity contribution in [3.63, 3.8) is 0 Å². The molecule has 0 unspecified atom stereocenters. The zero-order valence-electron chi connectivity index (χ0n) is 14.1. The van der Waals surface area contributed by atoms with Crippen molar-refractivity contribution >= 4 is 11.7 Å². The van der Waals surface area contributed by atoms with Crippen LogP contribution in [0.4, 0.5) is 5.82 Å². The first-order chi connectivity index (χ1) is 11.2. The predicted octanol–water partition coefficient (Wildman–Crippen LogP) is 1.61. The van der Waals surface area contributed by atoms with Crippen LogP contribution in [-0.4, -0.2) is 53.5 Å². The Balaban J connectivity index is 1.66. The minimum Gasteiger partial charge on any atom is -0.365 e. The molecule has 1 aliphatic carbocycles. The topological polar surface area (TPSA) is 70.2 Å². The summed E-state index contributed by atoms with van der Waals surface area (Å²) in [4.78, 5) is 22.9. The number of aromatic nitrogens is 2. The average Bonchev–Trinajstić information content (AvgIpc) is 3.32. The summed E-state index contributed by atoms with van der Waals surface area (Å²) in [6.45, 7) is 4.20. The molecule has 23 heavy (non-hydrogen) atoms. The lowest BCUT2D eigenvalue weighted by Crippen LogP contribution is -2.37. The smallest absolute Gasteiger partial charge is 0.236 e. The molecule has 1 aromatic rings. The number of rotatable bonds is 7. The molecule has 0 bridgehead atoms. The third-order valence-corrected chi connectivity index (χ3v) is 4.80. The molecular formula is C17H27N5O. The monoisotopic (exact) mass is 317 g/mol. The normalized spacial score (nSPS) is 24.0. The van der Waals surface area contributed by atoms with E-state index in [2.05, 4.69) is 33.6 Å². The van der Waals surface area contributed by atoms with Crippen LogP contribution < -0.4 is 10.6 Å². The van der Waals surface area contributed by atoms with Gasteiger partial charge in [0.15, 0.2) is 0 Å². The highest BCUT2D eigenvalue weighted by Gasteiger charge is 2.34. The van der Waals surface area contributed by atoms with Crippen molar-refractivity contribution in [3.05, 3.63) is 18.1 Å². The Kier molecular flexibility index (Phi) is 5.10. The number of hydrogen-bond donors (Lipinski definition) is 2. The van der Waals surface area contributed by atoms with Gasteiger partial charge in [-0.2, -0.15) is 0 Å². The Morgan fingerprint density at radius 2 is 2.17 bits per heavy atom. The van der Waals surface area contributed by atoms with Gasteiger partial charge in [0.1, 0.15) is 12.1 Å². The Morgan fingerprint density at radius 3 is 2.87 bits per heavy atom. The molecule has 6 nitrogen and oxygen atoms in total. The number of carbonyl (C=O) groups excluding carboxylic acids is 1. The van der Waals surface area contributed by atoms with E-state index in [-0.39, 0.29) is 11.9 Å². The molecule has 2 aliphatic rings. The zero-order chi connectivity index (χ0) is 16.2. The van der Waals surface area contributed by atoms with E-state index in [9.17, 15) is 4.79 Å². The third-order valence-electron chi connectivity index (χ3n) is 4.80. The molecule has 1 aromatic heterocycles. The van der Waals surface area contributed by atoms with Crippen molar-refractivity contribution < 1.29 is 4.79 Å². The highest BCUT2D eigenvalue weighted by Crippen LogP contribution is 2.39. The van der Waals surface area contributed by atoms with E-state index in [4.69, 9.17) is 0 Å². The highest BCUT2D eigenvalue weighted by atomic mass is 16.2. The molecule has 3 rings (SSSR count). The lowest BCUT2D eigenvalue weighted by atomic mass is 9.98. The van der Waals surface area contributed by atoms with Crippen LogP contribution in [0.15, 0.2) is 12.4 Å². The van der Waals surface area contributed by atoms with Crippen LogP contribution in [-0.2, 0) is 4.79 Å². The number of carbonyl (C=O) groups is 1. The molecule has 0 radical (unpaired) electrons. The second-order valence-corrected chi connectivity index (χ2v) is 6.73. The van der Waals surface area contributed by atoms with E-state index in [1.54, 1.807) is 6.33 Å². The molecule has 2 heterocycles. The summed E-state index contributed by atoms with van der Waals surface area (Å²) < 4.78 is 0. The van der Waals surface area contributed by atoms with Crippen molar-refractivity contribution in [2.24, 2.45) is 5.92 Å². The van der Waals surface area contributed by atoms with Gasteiger partial charge in [-0.15, -0.1) is 0 Å². The standard InChI is InChI=1S/C17H27N5O/c1-3-4-13-9-22(17(23)8-18-2)10-15(13)21-16-7-14(12-5-6-12)19-11-20-16/h7,11-13,15,18H,3-6,8-10H2,1-2H3,(H,19,20,21)/t13-,15-/m1/s1. The highest BCUT2D eigenvalue weighted by molar-refractivity contribution is 5.78. The molecule has 1 aliphatic heterocycles. The maximum atomic E-state index is 12.2. The van der Waals surface area contributed by atoms with Gasteiger partial charge in [-0.1, -0.05) is 13.3 Å². The van der Waals surface area contributed by atoms with Crippen LogP contribution in [0.3, 0.4) is 0 Å². The summed E-state index contributed by atoms with van der Waals surface area (Å²) in [6.07, 6.45) is 6.40. The van der Waals surface area contributed by atoms with Gasteiger partial charge < -0.3 is 15.5 Å². The molecule has 1 saturated heterocycles. The minimum absolute atomic E-state index is 0.180. The Labute approximate surface area is 138 Å². The molecule has 2 atom stereocenters. The van der Waals surface area contributed by atoms with Gasteiger partial charge in [0.05, 0.1) is 6.54 Å². The SMILES string of the molecule is CCC[C@@H]1CN(C(=O)CNC)C[C@H]1Nc1cc(C2CC2)ncn1. The summed E-state index contributed by atoms with van der Waals surface area (Å²) in [5, 5.41) is 6.51. The van der Waals surface area contributed by atoms with Crippen LogP contribution in [0.5, 0.6) is 0 Å². The average molecular weight is 317 g/mol. The molecule has 0 aromatic carbocycles. The molecule has 2 N–H and O–H groups in total. The maximum Gasteiger partial charge on any atom is 0.236 e. The number of nitrogens with one attached hydrogen (secondary N) is 2. The van der Waals surface area contributed by atoms with E-state index >= 15 is 0 Å². The van der Waals surface area contributed by atoms with E-state index in [0.29, 0.717) is 18.4 Å². The number of likely N-dealkylation sites (N-methyl/N-ethyl adjacent to an activating group) is 1. The minimum atomic E-state index is 0.180. The van der Waals surface area contributed by atoms with Crippen molar-refractivity contribution in [2.45, 2.75) is 44.6 Å². The second kappa shape index (κ2) is 7.25. The van der Waals surface area contributed by atoms with Gasteiger partial charge in [-0.3, -0.25) is 4.79 Å². The lowest BCUT2D eigenvalue weighted by Gasteiger charge is -2.19. The molecule has 0 spiro atoms. The van der Waals surface area contributed by atoms with Crippen LogP contribution in [0.25, 0.3) is 0 Å². The fraction of sp³-hybridized carbons (Fsp3) is 0.706. The van der Waals surface area contributed by atoms with Crippen molar-refractivity contribution in [2.75, 3.05) is 32.0 Å². The molecule has 2 fully saturated rings. The second-order valence-electron chi connectivity index (χ2n) is 6.73. The first-order valence-corrected chi connectivity index (χ1v) is 8.72. The van der Waals surface area contributed by atoms with Gasteiger partial charge >= 0.3 is 0 Å². The van der Waals surface area contributed by atoms with Gasteiger partial charge in [0, 0.05) is 36.8 Å². The summed E-state index contributed by atoms with van der Waals surface area (Å²) in [6, 6.07) is 2.36. The molecule has 6 heteroatoms. The summed E-state index contributed by atoms with van der Waals surface area (Å²) in [5.74, 6) is 2.19. The summed E-state index contributed by atoms with van der Waals surface area (Å²) in [7, 11) is 1.81. The fourth-order valence-electron chi connectivity index (χ4n) is 3.41. The predicted molar refractivity (Wildman–Crippen MR) is 90.3 cm³/mol. The zero-order valence-corrected chi connectivity index (χ0v) is 14.1. The fourth-order valence-corrected chi connectivity index (χ4v) is 3.41. The van der Waals surface area contributed by atoms with E-state index in [1.165, 1.54) is 12.8 Å². The van der Waals surface area contributed by atoms with E-state index < -0.39 is 0 Å².